The first-order valence-electron chi connectivity index (χ1n) is 6.63. The third-order valence-corrected chi connectivity index (χ3v) is 3.69. The number of rotatable bonds is 3. The van der Waals surface area contributed by atoms with Gasteiger partial charge in [-0.15, -0.1) is 0 Å². The molecule has 1 atom stereocenters. The third-order valence-electron chi connectivity index (χ3n) is 3.69. The fourth-order valence-corrected chi connectivity index (χ4v) is 2.73. The first kappa shape index (κ1) is 12.6. The van der Waals surface area contributed by atoms with Crippen LogP contribution < -0.4 is 0 Å². The van der Waals surface area contributed by atoms with E-state index in [1.807, 2.05) is 12.1 Å². The Morgan fingerprint density at radius 1 is 1.41 bits per heavy atom. The largest absolute Gasteiger partial charge is 0.301 e. The fourth-order valence-electron chi connectivity index (χ4n) is 2.73. The van der Waals surface area contributed by atoms with Crippen molar-refractivity contribution >= 4 is 0 Å². The Balaban J connectivity index is 1.94. The van der Waals surface area contributed by atoms with Gasteiger partial charge < -0.3 is 4.90 Å². The highest BCUT2D eigenvalue weighted by molar-refractivity contribution is 5.17. The van der Waals surface area contributed by atoms with E-state index >= 15 is 0 Å². The van der Waals surface area contributed by atoms with E-state index < -0.39 is 0 Å². The quantitative estimate of drug-likeness (QED) is 0.775. The fraction of sp³-hybridized carbons (Fsp3) is 0.600. The first-order chi connectivity index (χ1) is 8.15. The minimum atomic E-state index is -0.112. The van der Waals surface area contributed by atoms with Crippen molar-refractivity contribution in [1.82, 2.24) is 4.90 Å². The van der Waals surface area contributed by atoms with Crippen molar-refractivity contribution in [2.75, 3.05) is 13.1 Å². The van der Waals surface area contributed by atoms with Gasteiger partial charge in [0.2, 0.25) is 0 Å². The summed E-state index contributed by atoms with van der Waals surface area (Å²) in [4.78, 5) is 2.54. The molecule has 0 spiro atoms. The molecule has 0 amide bonds. The average Bonchev–Trinajstić information content (AvgIpc) is 2.29. The summed E-state index contributed by atoms with van der Waals surface area (Å²) < 4.78 is 13.1. The van der Waals surface area contributed by atoms with Gasteiger partial charge in [0, 0.05) is 12.6 Å². The molecule has 2 rings (SSSR count). The summed E-state index contributed by atoms with van der Waals surface area (Å²) in [5, 5.41) is 0. The van der Waals surface area contributed by atoms with Gasteiger partial charge in [-0.3, -0.25) is 0 Å². The van der Waals surface area contributed by atoms with E-state index in [4.69, 9.17) is 0 Å². The Labute approximate surface area is 104 Å². The second kappa shape index (κ2) is 5.63. The van der Waals surface area contributed by atoms with Gasteiger partial charge in [-0.05, 0) is 63.3 Å². The van der Waals surface area contributed by atoms with Gasteiger partial charge in [-0.2, -0.15) is 0 Å². The van der Waals surface area contributed by atoms with Crippen LogP contribution >= 0.6 is 0 Å². The van der Waals surface area contributed by atoms with Crippen LogP contribution in [0.4, 0.5) is 4.39 Å². The van der Waals surface area contributed by atoms with Gasteiger partial charge in [0.15, 0.2) is 0 Å². The summed E-state index contributed by atoms with van der Waals surface area (Å²) in [6.45, 7) is 6.89. The van der Waals surface area contributed by atoms with Crippen molar-refractivity contribution in [2.24, 2.45) is 5.92 Å². The lowest BCUT2D eigenvalue weighted by molar-refractivity contribution is 0.139. The van der Waals surface area contributed by atoms with Crippen LogP contribution in [-0.2, 0) is 6.42 Å². The van der Waals surface area contributed by atoms with Crippen LogP contribution in [0, 0.1) is 11.7 Å². The number of nitrogens with zero attached hydrogens (tertiary/aromatic N) is 1. The van der Waals surface area contributed by atoms with Crippen molar-refractivity contribution in [3.63, 3.8) is 0 Å². The van der Waals surface area contributed by atoms with Crippen LogP contribution in [0.3, 0.4) is 0 Å². The van der Waals surface area contributed by atoms with E-state index in [9.17, 15) is 4.39 Å². The minimum Gasteiger partial charge on any atom is -0.301 e. The van der Waals surface area contributed by atoms with E-state index in [2.05, 4.69) is 18.7 Å². The molecule has 0 saturated carbocycles. The molecule has 1 aromatic carbocycles. The molecular weight excluding hydrogens is 213 g/mol. The molecule has 1 saturated heterocycles. The first-order valence-corrected chi connectivity index (χ1v) is 6.63. The molecule has 1 nitrogen and oxygen atoms in total. The number of benzene rings is 1. The molecule has 94 valence electrons. The Morgan fingerprint density at radius 2 is 2.24 bits per heavy atom. The van der Waals surface area contributed by atoms with Crippen LogP contribution in [0.1, 0.15) is 32.3 Å². The molecule has 0 bridgehead atoms. The minimum absolute atomic E-state index is 0.112. The van der Waals surface area contributed by atoms with Gasteiger partial charge in [0.25, 0.3) is 0 Å². The van der Waals surface area contributed by atoms with Gasteiger partial charge in [-0.25, -0.2) is 4.39 Å². The summed E-state index contributed by atoms with van der Waals surface area (Å²) in [7, 11) is 0. The highest BCUT2D eigenvalue weighted by atomic mass is 19.1. The van der Waals surface area contributed by atoms with E-state index in [1.165, 1.54) is 25.5 Å². The smallest absolute Gasteiger partial charge is 0.123 e. The molecule has 0 N–H and O–H groups in total. The molecule has 1 aliphatic heterocycles. The van der Waals surface area contributed by atoms with Gasteiger partial charge in [0.05, 0.1) is 0 Å². The number of likely N-dealkylation sites (tertiary alicyclic amines) is 1. The lowest BCUT2D eigenvalue weighted by Crippen LogP contribution is -2.40. The second-order valence-electron chi connectivity index (χ2n) is 5.43. The molecular formula is C15H22FN. The zero-order chi connectivity index (χ0) is 12.3. The summed E-state index contributed by atoms with van der Waals surface area (Å²) in [6.07, 6.45) is 3.57. The predicted molar refractivity (Wildman–Crippen MR) is 69.5 cm³/mol. The summed E-state index contributed by atoms with van der Waals surface area (Å²) in [6, 6.07) is 7.68. The summed E-state index contributed by atoms with van der Waals surface area (Å²) in [5.74, 6) is 0.576. The molecule has 0 aliphatic carbocycles. The van der Waals surface area contributed by atoms with Crippen LogP contribution in [0.2, 0.25) is 0 Å². The highest BCUT2D eigenvalue weighted by Gasteiger charge is 2.21. The van der Waals surface area contributed by atoms with Gasteiger partial charge in [0.1, 0.15) is 5.82 Å². The predicted octanol–water partition coefficient (Wildman–Crippen LogP) is 3.49. The van der Waals surface area contributed by atoms with E-state index in [1.54, 1.807) is 6.07 Å². The number of halogens is 1. The molecule has 1 heterocycles. The zero-order valence-electron chi connectivity index (χ0n) is 10.8. The van der Waals surface area contributed by atoms with Crippen molar-refractivity contribution in [3.05, 3.63) is 35.6 Å². The van der Waals surface area contributed by atoms with Crippen molar-refractivity contribution in [1.29, 1.82) is 0 Å². The van der Waals surface area contributed by atoms with Crippen LogP contribution in [0.5, 0.6) is 0 Å². The normalized spacial score (nSPS) is 22.0. The molecule has 1 aliphatic rings. The topological polar surface area (TPSA) is 3.24 Å². The Morgan fingerprint density at radius 3 is 2.94 bits per heavy atom. The number of hydrogen-bond acceptors (Lipinski definition) is 1. The number of hydrogen-bond donors (Lipinski definition) is 0. The van der Waals surface area contributed by atoms with Crippen molar-refractivity contribution < 1.29 is 4.39 Å². The molecule has 0 radical (unpaired) electrons. The van der Waals surface area contributed by atoms with Crippen LogP contribution in [0.25, 0.3) is 0 Å². The average molecular weight is 235 g/mol. The van der Waals surface area contributed by atoms with Crippen molar-refractivity contribution in [3.8, 4) is 0 Å². The SMILES string of the molecule is CC(C)N1CCC[C@@H](Cc2cccc(F)c2)C1. The Hall–Kier alpha value is -0.890. The van der Waals surface area contributed by atoms with Gasteiger partial charge in [-0.1, -0.05) is 12.1 Å². The molecule has 1 fully saturated rings. The molecule has 1 aromatic rings. The summed E-state index contributed by atoms with van der Waals surface area (Å²) >= 11 is 0. The Kier molecular flexibility index (Phi) is 4.16. The lowest BCUT2D eigenvalue weighted by atomic mass is 9.91. The maximum atomic E-state index is 13.1. The monoisotopic (exact) mass is 235 g/mol. The highest BCUT2D eigenvalue weighted by Crippen LogP contribution is 2.22. The lowest BCUT2D eigenvalue weighted by Gasteiger charge is -2.35. The molecule has 0 aromatic heterocycles. The van der Waals surface area contributed by atoms with E-state index in [0.29, 0.717) is 12.0 Å². The standard InChI is InChI=1S/C15H22FN/c1-12(2)17-8-4-6-14(11-17)9-13-5-3-7-15(16)10-13/h3,5,7,10,12,14H,4,6,8-9,11H2,1-2H3/t14-/m0/s1. The molecule has 2 heteroatoms. The molecule has 17 heavy (non-hydrogen) atoms. The van der Waals surface area contributed by atoms with Crippen LogP contribution in [-0.4, -0.2) is 24.0 Å². The summed E-state index contributed by atoms with van der Waals surface area (Å²) in [5.41, 5.74) is 1.14. The molecule has 0 unspecified atom stereocenters. The van der Waals surface area contributed by atoms with Crippen LogP contribution in [0.15, 0.2) is 24.3 Å². The number of piperidine rings is 1. The van der Waals surface area contributed by atoms with E-state index in [-0.39, 0.29) is 5.82 Å². The second-order valence-corrected chi connectivity index (χ2v) is 5.43. The maximum absolute atomic E-state index is 13.1. The van der Waals surface area contributed by atoms with Gasteiger partial charge >= 0.3 is 0 Å². The van der Waals surface area contributed by atoms with E-state index in [0.717, 1.165) is 18.5 Å². The zero-order valence-corrected chi connectivity index (χ0v) is 10.8. The van der Waals surface area contributed by atoms with Crippen molar-refractivity contribution in [2.45, 2.75) is 39.2 Å². The third kappa shape index (κ3) is 3.53. The Bertz CT molecular complexity index is 362. The maximum Gasteiger partial charge on any atom is 0.123 e.